The molecule has 1 aromatic rings. The smallest absolute Gasteiger partial charge is 0.356 e. The number of guanidine groups is 1. The molecule has 0 bridgehead atoms. The van der Waals surface area contributed by atoms with E-state index in [4.69, 9.17) is 0 Å². The third-order valence-electron chi connectivity index (χ3n) is 4.07. The van der Waals surface area contributed by atoms with E-state index in [1.165, 1.54) is 5.56 Å². The Morgan fingerprint density at radius 3 is 2.74 bits per heavy atom. The molecule has 0 spiro atoms. The van der Waals surface area contributed by atoms with Gasteiger partial charge in [0.05, 0.1) is 5.92 Å². The summed E-state index contributed by atoms with van der Waals surface area (Å²) in [5.41, 5.74) is 1.17. The van der Waals surface area contributed by atoms with Gasteiger partial charge in [0.25, 0.3) is 0 Å². The topological polar surface area (TPSA) is 36.4 Å². The molecule has 1 aliphatic carbocycles. The van der Waals surface area contributed by atoms with Gasteiger partial charge in [-0.3, -0.25) is 4.99 Å². The highest BCUT2D eigenvalue weighted by Crippen LogP contribution is 2.39. The van der Waals surface area contributed by atoms with Crippen LogP contribution in [-0.4, -0.2) is 25.7 Å². The van der Waals surface area contributed by atoms with Crippen LogP contribution in [0.1, 0.15) is 31.2 Å². The van der Waals surface area contributed by atoms with Gasteiger partial charge in [-0.15, -0.1) is 24.0 Å². The van der Waals surface area contributed by atoms with Crippen molar-refractivity contribution >= 4 is 41.3 Å². The minimum absolute atomic E-state index is 0. The maximum Gasteiger partial charge on any atom is 0.391 e. The van der Waals surface area contributed by atoms with Gasteiger partial charge in [0, 0.05) is 20.1 Å². The largest absolute Gasteiger partial charge is 0.391 e. The first-order chi connectivity index (χ1) is 10.5. The van der Waals surface area contributed by atoms with Gasteiger partial charge in [0.1, 0.15) is 0 Å². The van der Waals surface area contributed by atoms with E-state index in [1.807, 2.05) is 11.4 Å². The molecule has 132 valence electrons. The highest BCUT2D eigenvalue weighted by Gasteiger charge is 2.41. The second kappa shape index (κ2) is 9.71. The monoisotopic (exact) mass is 461 g/mol. The van der Waals surface area contributed by atoms with Crippen molar-refractivity contribution in [3.63, 3.8) is 0 Å². The number of nitrogens with zero attached hydrogens (tertiary/aromatic N) is 1. The maximum atomic E-state index is 12.8. The minimum Gasteiger partial charge on any atom is -0.356 e. The van der Waals surface area contributed by atoms with Crippen LogP contribution in [0.3, 0.4) is 0 Å². The predicted octanol–water partition coefficient (Wildman–Crippen LogP) is 4.40. The summed E-state index contributed by atoms with van der Waals surface area (Å²) in [5.74, 6) is -0.450. The SMILES string of the molecule is CN=C(NCc1ccsc1)NCC1CCCC(C(F)(F)F)C1.I. The van der Waals surface area contributed by atoms with E-state index in [0.717, 1.165) is 6.42 Å². The molecule has 8 heteroatoms. The Hall–Kier alpha value is -0.510. The van der Waals surface area contributed by atoms with Gasteiger partial charge in [-0.1, -0.05) is 6.42 Å². The second-order valence-electron chi connectivity index (χ2n) is 5.71. The van der Waals surface area contributed by atoms with E-state index < -0.39 is 12.1 Å². The average molecular weight is 461 g/mol. The van der Waals surface area contributed by atoms with Gasteiger partial charge in [0.15, 0.2) is 5.96 Å². The van der Waals surface area contributed by atoms with Crippen LogP contribution in [0.5, 0.6) is 0 Å². The fourth-order valence-electron chi connectivity index (χ4n) is 2.81. The van der Waals surface area contributed by atoms with E-state index in [9.17, 15) is 13.2 Å². The van der Waals surface area contributed by atoms with Crippen molar-refractivity contribution in [2.24, 2.45) is 16.8 Å². The lowest BCUT2D eigenvalue weighted by Crippen LogP contribution is -2.41. The molecule has 0 aliphatic heterocycles. The number of thiophene rings is 1. The number of alkyl halides is 3. The van der Waals surface area contributed by atoms with Crippen molar-refractivity contribution in [3.8, 4) is 0 Å². The molecule has 0 radical (unpaired) electrons. The van der Waals surface area contributed by atoms with Crippen LogP contribution in [-0.2, 0) is 6.54 Å². The van der Waals surface area contributed by atoms with Crippen molar-refractivity contribution in [2.45, 2.75) is 38.4 Å². The van der Waals surface area contributed by atoms with Gasteiger partial charge in [-0.25, -0.2) is 0 Å². The molecule has 1 heterocycles. The summed E-state index contributed by atoms with van der Waals surface area (Å²) in [6.45, 7) is 1.20. The Balaban J connectivity index is 0.00000264. The molecule has 1 saturated carbocycles. The van der Waals surface area contributed by atoms with Crippen LogP contribution < -0.4 is 10.6 Å². The van der Waals surface area contributed by atoms with Crippen LogP contribution in [0.2, 0.25) is 0 Å². The molecule has 1 fully saturated rings. The summed E-state index contributed by atoms with van der Waals surface area (Å²) < 4.78 is 38.4. The first-order valence-electron chi connectivity index (χ1n) is 7.51. The first-order valence-corrected chi connectivity index (χ1v) is 8.45. The van der Waals surface area contributed by atoms with Crippen LogP contribution in [0, 0.1) is 11.8 Å². The Bertz CT molecular complexity index is 477. The molecular weight excluding hydrogens is 438 g/mol. The Morgan fingerprint density at radius 2 is 2.13 bits per heavy atom. The lowest BCUT2D eigenvalue weighted by Gasteiger charge is -2.30. The van der Waals surface area contributed by atoms with Gasteiger partial charge < -0.3 is 10.6 Å². The summed E-state index contributed by atoms with van der Waals surface area (Å²) >= 11 is 1.63. The number of nitrogens with one attached hydrogen (secondary N) is 2. The van der Waals surface area contributed by atoms with Crippen molar-refractivity contribution < 1.29 is 13.2 Å². The molecule has 3 nitrogen and oxygen atoms in total. The average Bonchev–Trinajstić information content (AvgIpc) is 3.00. The predicted molar refractivity (Wildman–Crippen MR) is 99.4 cm³/mol. The van der Waals surface area contributed by atoms with E-state index in [0.29, 0.717) is 25.5 Å². The summed E-state index contributed by atoms with van der Waals surface area (Å²) in [5, 5.41) is 10.4. The fourth-order valence-corrected chi connectivity index (χ4v) is 3.48. The van der Waals surface area contributed by atoms with Crippen molar-refractivity contribution in [3.05, 3.63) is 22.4 Å². The molecule has 1 aliphatic rings. The fraction of sp³-hybridized carbons (Fsp3) is 0.667. The standard InChI is InChI=1S/C15H22F3N3S.HI/c1-19-14(21-9-12-5-6-22-10-12)20-8-11-3-2-4-13(7-11)15(16,17)18;/h5-6,10-11,13H,2-4,7-9H2,1H3,(H2,19,20,21);1H. The van der Waals surface area contributed by atoms with Crippen LogP contribution in [0.4, 0.5) is 13.2 Å². The van der Waals surface area contributed by atoms with Crippen molar-refractivity contribution in [1.82, 2.24) is 10.6 Å². The van der Waals surface area contributed by atoms with Crippen molar-refractivity contribution in [2.75, 3.05) is 13.6 Å². The summed E-state index contributed by atoms with van der Waals surface area (Å²) in [6, 6.07) is 2.03. The molecule has 2 N–H and O–H groups in total. The molecule has 0 saturated heterocycles. The van der Waals surface area contributed by atoms with Gasteiger partial charge in [-0.05, 0) is 47.6 Å². The summed E-state index contributed by atoms with van der Waals surface area (Å²) in [6.07, 6.45) is -2.07. The van der Waals surface area contributed by atoms with E-state index in [-0.39, 0.29) is 42.7 Å². The third kappa shape index (κ3) is 6.86. The lowest BCUT2D eigenvalue weighted by molar-refractivity contribution is -0.185. The normalized spacial score (nSPS) is 22.3. The highest BCUT2D eigenvalue weighted by molar-refractivity contribution is 14.0. The van der Waals surface area contributed by atoms with Crippen LogP contribution in [0.15, 0.2) is 21.8 Å². The van der Waals surface area contributed by atoms with E-state index >= 15 is 0 Å². The molecular formula is C15H23F3IN3S. The number of aliphatic imine (C=N–C) groups is 1. The van der Waals surface area contributed by atoms with Gasteiger partial charge in [0.2, 0.25) is 0 Å². The Kier molecular flexibility index (Phi) is 8.66. The maximum absolute atomic E-state index is 12.8. The first kappa shape index (κ1) is 20.5. The minimum atomic E-state index is -4.06. The molecule has 2 rings (SSSR count). The zero-order valence-electron chi connectivity index (χ0n) is 13.0. The molecule has 23 heavy (non-hydrogen) atoms. The van der Waals surface area contributed by atoms with Crippen LogP contribution >= 0.6 is 35.3 Å². The molecule has 0 amide bonds. The van der Waals surface area contributed by atoms with Crippen LogP contribution in [0.25, 0.3) is 0 Å². The second-order valence-corrected chi connectivity index (χ2v) is 6.49. The van der Waals surface area contributed by atoms with E-state index in [2.05, 4.69) is 21.0 Å². The lowest BCUT2D eigenvalue weighted by atomic mass is 9.81. The Morgan fingerprint density at radius 1 is 1.35 bits per heavy atom. The van der Waals surface area contributed by atoms with Gasteiger partial charge >= 0.3 is 6.18 Å². The third-order valence-corrected chi connectivity index (χ3v) is 4.80. The van der Waals surface area contributed by atoms with E-state index in [1.54, 1.807) is 18.4 Å². The molecule has 2 atom stereocenters. The summed E-state index contributed by atoms with van der Waals surface area (Å²) in [4.78, 5) is 4.12. The molecule has 2 unspecified atom stereocenters. The molecule has 1 aromatic heterocycles. The van der Waals surface area contributed by atoms with Crippen molar-refractivity contribution in [1.29, 1.82) is 0 Å². The quantitative estimate of drug-likeness (QED) is 0.396. The highest BCUT2D eigenvalue weighted by atomic mass is 127. The Labute approximate surface area is 156 Å². The number of rotatable bonds is 4. The number of hydrogen-bond acceptors (Lipinski definition) is 2. The summed E-state index contributed by atoms with van der Waals surface area (Å²) in [7, 11) is 1.67. The zero-order valence-corrected chi connectivity index (χ0v) is 16.2. The van der Waals surface area contributed by atoms with Gasteiger partial charge in [-0.2, -0.15) is 24.5 Å². The number of halogens is 4. The molecule has 0 aromatic carbocycles. The zero-order chi connectivity index (χ0) is 16.0. The number of hydrogen-bond donors (Lipinski definition) is 2.